The molecule has 2 nitrogen and oxygen atoms in total. The average Bonchev–Trinajstić information content (AvgIpc) is 3.74. The van der Waals surface area contributed by atoms with Crippen molar-refractivity contribution in [3.8, 4) is 22.3 Å². The molecule has 230 valence electrons. The third-order valence-corrected chi connectivity index (χ3v) is 10.9. The van der Waals surface area contributed by atoms with Crippen LogP contribution in [0.25, 0.3) is 75.1 Å². The van der Waals surface area contributed by atoms with Gasteiger partial charge in [-0.3, -0.25) is 0 Å². The lowest BCUT2D eigenvalue weighted by Gasteiger charge is -2.28. The summed E-state index contributed by atoms with van der Waals surface area (Å²) in [6.45, 7) is 0. The van der Waals surface area contributed by atoms with Crippen LogP contribution in [0.5, 0.6) is 0 Å². The van der Waals surface area contributed by atoms with E-state index in [9.17, 15) is 0 Å². The quantitative estimate of drug-likeness (QED) is 0.186. The third-order valence-electron chi connectivity index (χ3n) is 9.67. The van der Waals surface area contributed by atoms with Crippen LogP contribution in [0.15, 0.2) is 180 Å². The van der Waals surface area contributed by atoms with Crippen LogP contribution in [0.2, 0.25) is 0 Å². The molecule has 10 aromatic rings. The highest BCUT2D eigenvalue weighted by Gasteiger charge is 2.23. The number of hydrogen-bond acceptors (Lipinski definition) is 3. The predicted molar refractivity (Wildman–Crippen MR) is 210 cm³/mol. The van der Waals surface area contributed by atoms with Crippen molar-refractivity contribution in [3.05, 3.63) is 176 Å². The molecule has 0 saturated heterocycles. The molecule has 2 aromatic heterocycles. The molecule has 0 atom stereocenters. The minimum absolute atomic E-state index is 0.870. The van der Waals surface area contributed by atoms with Crippen molar-refractivity contribution in [2.45, 2.75) is 0 Å². The molecule has 0 spiro atoms. The molecule has 10 rings (SSSR count). The fraction of sp³-hybridized carbons (Fsp3) is 0. The van der Waals surface area contributed by atoms with Crippen molar-refractivity contribution >= 4 is 81.3 Å². The number of nitrogens with zero attached hydrogens (tertiary/aromatic N) is 1. The number of benzene rings is 8. The van der Waals surface area contributed by atoms with Gasteiger partial charge in [0.15, 0.2) is 5.58 Å². The number of fused-ring (bicyclic) bond motifs is 7. The lowest BCUT2D eigenvalue weighted by atomic mass is 9.97. The number of hydrogen-bond donors (Lipinski definition) is 0. The molecule has 0 radical (unpaired) electrons. The normalized spacial score (nSPS) is 11.7. The lowest BCUT2D eigenvalue weighted by Crippen LogP contribution is -2.11. The second-order valence-electron chi connectivity index (χ2n) is 12.5. The van der Waals surface area contributed by atoms with Crippen molar-refractivity contribution in [3.63, 3.8) is 0 Å². The van der Waals surface area contributed by atoms with Gasteiger partial charge >= 0.3 is 0 Å². The molecule has 0 aliphatic heterocycles. The van der Waals surface area contributed by atoms with Gasteiger partial charge < -0.3 is 9.32 Å². The van der Waals surface area contributed by atoms with E-state index in [2.05, 4.69) is 175 Å². The third kappa shape index (κ3) is 4.47. The molecule has 0 saturated carbocycles. The molecule has 0 aliphatic rings. The van der Waals surface area contributed by atoms with Crippen LogP contribution in [0.4, 0.5) is 17.1 Å². The number of furan rings is 1. The van der Waals surface area contributed by atoms with Crippen LogP contribution in [-0.2, 0) is 0 Å². The predicted octanol–water partition coefficient (Wildman–Crippen LogP) is 13.9. The highest BCUT2D eigenvalue weighted by Crippen LogP contribution is 2.48. The number of anilines is 3. The van der Waals surface area contributed by atoms with Crippen LogP contribution < -0.4 is 4.90 Å². The maximum atomic E-state index is 6.70. The Labute approximate surface area is 287 Å². The maximum Gasteiger partial charge on any atom is 0.159 e. The SMILES string of the molecule is c1cc(-c2cccc3ccccc23)cc(N(c2ccccc2-c2cccc3c2sc2ccccc23)c2cccc3c2oc2ccccc23)c1. The molecule has 0 bridgehead atoms. The van der Waals surface area contributed by atoms with Crippen molar-refractivity contribution in [1.82, 2.24) is 0 Å². The van der Waals surface area contributed by atoms with E-state index in [-0.39, 0.29) is 0 Å². The van der Waals surface area contributed by atoms with E-state index >= 15 is 0 Å². The summed E-state index contributed by atoms with van der Waals surface area (Å²) in [4.78, 5) is 2.39. The first kappa shape index (κ1) is 27.9. The fourth-order valence-corrected chi connectivity index (χ4v) is 8.69. The molecule has 0 unspecified atom stereocenters. The van der Waals surface area contributed by atoms with E-state index in [1.165, 1.54) is 53.2 Å². The Balaban J connectivity index is 1.26. The summed E-state index contributed by atoms with van der Waals surface area (Å²) in [6, 6.07) is 63.2. The highest BCUT2D eigenvalue weighted by molar-refractivity contribution is 7.26. The van der Waals surface area contributed by atoms with Gasteiger partial charge in [-0.05, 0) is 58.3 Å². The summed E-state index contributed by atoms with van der Waals surface area (Å²) in [5, 5.41) is 7.28. The summed E-state index contributed by atoms with van der Waals surface area (Å²) in [5.41, 5.74) is 9.69. The Kier molecular flexibility index (Phi) is 6.39. The molecule has 0 N–H and O–H groups in total. The monoisotopic (exact) mass is 643 g/mol. The standard InChI is InChI=1S/C46H29NOS/c1-2-17-33-30(13-1)14-10-21-34(33)31-15-9-16-32(29-31)47(42-26-12-22-38-36-19-4-7-27-43(36)48-45(38)42)41-25-6-3-18-35(41)39-23-11-24-40-37-20-5-8-28-44(37)49-46(39)40/h1-29H. The molecule has 8 aromatic carbocycles. The van der Waals surface area contributed by atoms with Crippen LogP contribution in [0, 0.1) is 0 Å². The molecule has 0 aliphatic carbocycles. The Morgan fingerprint density at radius 3 is 2.02 bits per heavy atom. The van der Waals surface area contributed by atoms with Gasteiger partial charge in [0.1, 0.15) is 5.58 Å². The Morgan fingerprint density at radius 1 is 0.429 bits per heavy atom. The first-order chi connectivity index (χ1) is 24.3. The van der Waals surface area contributed by atoms with Crippen molar-refractivity contribution < 1.29 is 4.42 Å². The highest BCUT2D eigenvalue weighted by atomic mass is 32.1. The van der Waals surface area contributed by atoms with E-state index in [4.69, 9.17) is 4.42 Å². The van der Waals surface area contributed by atoms with Crippen molar-refractivity contribution in [2.24, 2.45) is 0 Å². The summed E-state index contributed by atoms with van der Waals surface area (Å²) < 4.78 is 9.29. The summed E-state index contributed by atoms with van der Waals surface area (Å²) >= 11 is 1.86. The van der Waals surface area contributed by atoms with Gasteiger partial charge in [0.25, 0.3) is 0 Å². The van der Waals surface area contributed by atoms with Gasteiger partial charge in [-0.15, -0.1) is 11.3 Å². The van der Waals surface area contributed by atoms with E-state index in [1.807, 2.05) is 17.4 Å². The van der Waals surface area contributed by atoms with Gasteiger partial charge in [-0.1, -0.05) is 140 Å². The average molecular weight is 644 g/mol. The minimum Gasteiger partial charge on any atom is -0.454 e. The largest absolute Gasteiger partial charge is 0.454 e. The molecule has 0 amide bonds. The van der Waals surface area contributed by atoms with Gasteiger partial charge in [-0.2, -0.15) is 0 Å². The topological polar surface area (TPSA) is 16.4 Å². The Bertz CT molecular complexity index is 2850. The van der Waals surface area contributed by atoms with E-state index < -0.39 is 0 Å². The Hall–Kier alpha value is -6.16. The molecule has 3 heteroatoms. The molecule has 49 heavy (non-hydrogen) atoms. The van der Waals surface area contributed by atoms with Crippen LogP contribution >= 0.6 is 11.3 Å². The smallest absolute Gasteiger partial charge is 0.159 e. The zero-order chi connectivity index (χ0) is 32.3. The number of rotatable bonds is 5. The van der Waals surface area contributed by atoms with Crippen molar-refractivity contribution in [1.29, 1.82) is 0 Å². The molecular weight excluding hydrogens is 615 g/mol. The number of thiophene rings is 1. The van der Waals surface area contributed by atoms with E-state index in [0.717, 1.165) is 39.0 Å². The van der Waals surface area contributed by atoms with Crippen LogP contribution in [-0.4, -0.2) is 0 Å². The van der Waals surface area contributed by atoms with Crippen LogP contribution in [0.1, 0.15) is 0 Å². The van der Waals surface area contributed by atoms with E-state index in [0.29, 0.717) is 0 Å². The fourth-order valence-electron chi connectivity index (χ4n) is 7.46. The number of para-hydroxylation sites is 3. The summed E-state index contributed by atoms with van der Waals surface area (Å²) in [5.74, 6) is 0. The second kappa shape index (κ2) is 11.2. The van der Waals surface area contributed by atoms with Crippen molar-refractivity contribution in [2.75, 3.05) is 4.90 Å². The van der Waals surface area contributed by atoms with E-state index in [1.54, 1.807) is 0 Å². The first-order valence-corrected chi connectivity index (χ1v) is 17.4. The summed E-state index contributed by atoms with van der Waals surface area (Å²) in [7, 11) is 0. The lowest BCUT2D eigenvalue weighted by molar-refractivity contribution is 0.669. The summed E-state index contributed by atoms with van der Waals surface area (Å²) in [6.07, 6.45) is 0. The Morgan fingerprint density at radius 2 is 1.06 bits per heavy atom. The molecule has 0 fully saturated rings. The van der Waals surface area contributed by atoms with Gasteiger partial charge in [-0.25, -0.2) is 0 Å². The zero-order valence-corrected chi connectivity index (χ0v) is 27.3. The first-order valence-electron chi connectivity index (χ1n) is 16.6. The zero-order valence-electron chi connectivity index (χ0n) is 26.5. The van der Waals surface area contributed by atoms with Crippen LogP contribution in [0.3, 0.4) is 0 Å². The maximum absolute atomic E-state index is 6.70. The van der Waals surface area contributed by atoms with Gasteiger partial charge in [0.05, 0.1) is 11.4 Å². The van der Waals surface area contributed by atoms with Gasteiger partial charge in [0.2, 0.25) is 0 Å². The molecule has 2 heterocycles. The van der Waals surface area contributed by atoms with Gasteiger partial charge in [0, 0.05) is 47.8 Å². The second-order valence-corrected chi connectivity index (χ2v) is 13.5. The molecular formula is C46H29NOS. The minimum atomic E-state index is 0.870.